The number of ether oxygens (including phenoxy) is 1. The third-order valence-corrected chi connectivity index (χ3v) is 4.30. The minimum atomic E-state index is -0.530. The van der Waals surface area contributed by atoms with E-state index in [9.17, 15) is 9.59 Å². The van der Waals surface area contributed by atoms with Gasteiger partial charge in [-0.2, -0.15) is 0 Å². The second kappa shape index (κ2) is 9.54. The predicted octanol–water partition coefficient (Wildman–Crippen LogP) is 4.79. The Kier molecular flexibility index (Phi) is 6.63. The number of amides is 2. The maximum Gasteiger partial charge on any atom is 0.411 e. The van der Waals surface area contributed by atoms with Gasteiger partial charge in [-0.25, -0.2) is 9.78 Å². The number of benzene rings is 2. The monoisotopic (exact) mass is 393 g/mol. The van der Waals surface area contributed by atoms with E-state index in [0.29, 0.717) is 29.4 Å². The Bertz CT molecular complexity index is 983. The zero-order chi connectivity index (χ0) is 20.6. The fourth-order valence-electron chi connectivity index (χ4n) is 2.78. The van der Waals surface area contributed by atoms with E-state index in [-0.39, 0.29) is 18.9 Å². The smallest absolute Gasteiger partial charge is 0.411 e. The Balaban J connectivity index is 1.57. The molecule has 3 aromatic rings. The zero-order valence-corrected chi connectivity index (χ0v) is 16.4. The van der Waals surface area contributed by atoms with Crippen LogP contribution in [0.1, 0.15) is 24.8 Å². The summed E-state index contributed by atoms with van der Waals surface area (Å²) in [5, 5.41) is 5.53. The first-order valence-electron chi connectivity index (χ1n) is 9.40. The van der Waals surface area contributed by atoms with Gasteiger partial charge in [-0.15, -0.1) is 0 Å². The third-order valence-electron chi connectivity index (χ3n) is 4.30. The third kappa shape index (κ3) is 5.44. The highest BCUT2D eigenvalue weighted by Crippen LogP contribution is 2.24. The van der Waals surface area contributed by atoms with Crippen molar-refractivity contribution in [1.29, 1.82) is 0 Å². The van der Waals surface area contributed by atoms with Gasteiger partial charge in [0.1, 0.15) is 0 Å². The first-order chi connectivity index (χ1) is 14.1. The van der Waals surface area contributed by atoms with E-state index in [1.807, 2.05) is 37.3 Å². The molecule has 0 spiro atoms. The summed E-state index contributed by atoms with van der Waals surface area (Å²) in [6, 6.07) is 15.0. The molecule has 0 unspecified atom stereocenters. The first kappa shape index (κ1) is 20.1. The van der Waals surface area contributed by atoms with Gasteiger partial charge in [0.05, 0.1) is 12.8 Å². The molecule has 3 rings (SSSR count). The normalized spacial score (nSPS) is 10.4. The number of nitrogens with zero attached hydrogens (tertiary/aromatic N) is 1. The van der Waals surface area contributed by atoms with E-state index in [4.69, 9.17) is 9.15 Å². The van der Waals surface area contributed by atoms with Crippen molar-refractivity contribution in [2.75, 3.05) is 17.2 Å². The fraction of sp³-hybridized carbons (Fsp3) is 0.227. The molecule has 0 saturated carbocycles. The summed E-state index contributed by atoms with van der Waals surface area (Å²) in [5.41, 5.74) is 2.90. The van der Waals surface area contributed by atoms with Crippen molar-refractivity contribution in [3.05, 3.63) is 66.2 Å². The topological polar surface area (TPSA) is 93.5 Å². The Morgan fingerprint density at radius 3 is 2.48 bits per heavy atom. The highest BCUT2D eigenvalue weighted by Gasteiger charge is 2.12. The molecule has 150 valence electrons. The van der Waals surface area contributed by atoms with Crippen LogP contribution < -0.4 is 10.6 Å². The van der Waals surface area contributed by atoms with Crippen LogP contribution in [0.15, 0.2) is 59.1 Å². The molecule has 2 N–H and O–H groups in total. The van der Waals surface area contributed by atoms with Crippen LogP contribution in [0.2, 0.25) is 0 Å². The van der Waals surface area contributed by atoms with Crippen LogP contribution >= 0.6 is 0 Å². The molecule has 1 heterocycles. The minimum Gasteiger partial charge on any atom is -0.450 e. The van der Waals surface area contributed by atoms with E-state index in [1.165, 1.54) is 0 Å². The Morgan fingerprint density at radius 2 is 1.76 bits per heavy atom. The zero-order valence-electron chi connectivity index (χ0n) is 16.4. The van der Waals surface area contributed by atoms with Crippen molar-refractivity contribution in [3.8, 4) is 11.3 Å². The first-order valence-corrected chi connectivity index (χ1v) is 9.40. The van der Waals surface area contributed by atoms with Crippen LogP contribution in [-0.4, -0.2) is 23.6 Å². The highest BCUT2D eigenvalue weighted by molar-refractivity contribution is 5.94. The number of hydrogen-bond donors (Lipinski definition) is 2. The van der Waals surface area contributed by atoms with Crippen molar-refractivity contribution < 1.29 is 18.7 Å². The lowest BCUT2D eigenvalue weighted by Gasteiger charge is -2.13. The average Bonchev–Trinajstić information content (AvgIpc) is 3.19. The average molecular weight is 393 g/mol. The van der Waals surface area contributed by atoms with E-state index in [1.54, 1.807) is 31.3 Å². The van der Waals surface area contributed by atoms with Crippen LogP contribution in [0.5, 0.6) is 0 Å². The molecular weight excluding hydrogens is 370 g/mol. The number of rotatable bonds is 7. The lowest BCUT2D eigenvalue weighted by Crippen LogP contribution is -2.16. The molecule has 2 aromatic carbocycles. The van der Waals surface area contributed by atoms with Gasteiger partial charge >= 0.3 is 6.09 Å². The summed E-state index contributed by atoms with van der Waals surface area (Å²) in [5.74, 6) is 1.02. The number of nitrogens with one attached hydrogen (secondary N) is 2. The highest BCUT2D eigenvalue weighted by atomic mass is 16.5. The van der Waals surface area contributed by atoms with Gasteiger partial charge in [0.15, 0.2) is 11.7 Å². The quantitative estimate of drug-likeness (QED) is 0.602. The van der Waals surface area contributed by atoms with Crippen LogP contribution in [0, 0.1) is 6.92 Å². The van der Waals surface area contributed by atoms with Gasteiger partial charge in [0.25, 0.3) is 0 Å². The molecule has 0 fully saturated rings. The van der Waals surface area contributed by atoms with Gasteiger partial charge in [-0.1, -0.05) is 36.4 Å². The summed E-state index contributed by atoms with van der Waals surface area (Å²) in [4.78, 5) is 28.2. The van der Waals surface area contributed by atoms with Crippen LogP contribution in [0.4, 0.5) is 16.2 Å². The molecule has 0 radical (unpaired) electrons. The minimum absolute atomic E-state index is 0.166. The molecule has 29 heavy (non-hydrogen) atoms. The molecule has 7 heteroatoms. The summed E-state index contributed by atoms with van der Waals surface area (Å²) in [6.07, 6.45) is 1.75. The van der Waals surface area contributed by atoms with Gasteiger partial charge in [-0.3, -0.25) is 10.1 Å². The van der Waals surface area contributed by atoms with Crippen molar-refractivity contribution in [2.24, 2.45) is 0 Å². The number of anilines is 2. The molecule has 1 aromatic heterocycles. The number of aromatic nitrogens is 1. The predicted molar refractivity (Wildman–Crippen MR) is 111 cm³/mol. The Labute approximate surface area is 169 Å². The van der Waals surface area contributed by atoms with Crippen LogP contribution in [-0.2, 0) is 16.0 Å². The largest absolute Gasteiger partial charge is 0.450 e. The molecule has 0 aliphatic heterocycles. The van der Waals surface area contributed by atoms with Crippen molar-refractivity contribution >= 4 is 23.4 Å². The molecule has 0 aliphatic carbocycles. The lowest BCUT2D eigenvalue weighted by atomic mass is 10.1. The second-order valence-corrected chi connectivity index (χ2v) is 6.36. The molecule has 0 saturated heterocycles. The van der Waals surface area contributed by atoms with E-state index in [2.05, 4.69) is 15.6 Å². The van der Waals surface area contributed by atoms with Crippen LogP contribution in [0.25, 0.3) is 11.3 Å². The SMILES string of the molecule is CCOC(=O)Nc1cccc(NC(=O)CCc2ncc(-c3ccccc3)o2)c1C. The Morgan fingerprint density at radius 1 is 1.03 bits per heavy atom. The molecular formula is C22H23N3O4. The summed E-state index contributed by atoms with van der Waals surface area (Å²) in [6.45, 7) is 3.84. The molecule has 0 bridgehead atoms. The fourth-order valence-corrected chi connectivity index (χ4v) is 2.78. The molecule has 0 atom stereocenters. The number of carbonyl (C=O) groups excluding carboxylic acids is 2. The van der Waals surface area contributed by atoms with Crippen molar-refractivity contribution in [1.82, 2.24) is 4.98 Å². The maximum atomic E-state index is 12.4. The maximum absolute atomic E-state index is 12.4. The van der Waals surface area contributed by atoms with Crippen molar-refractivity contribution in [3.63, 3.8) is 0 Å². The van der Waals surface area contributed by atoms with Gasteiger partial charge in [0, 0.05) is 29.8 Å². The Hall–Kier alpha value is -3.61. The lowest BCUT2D eigenvalue weighted by molar-refractivity contribution is -0.116. The molecule has 0 aliphatic rings. The summed E-state index contributed by atoms with van der Waals surface area (Å²) in [7, 11) is 0. The molecule has 2 amide bonds. The van der Waals surface area contributed by atoms with E-state index in [0.717, 1.165) is 11.1 Å². The summed E-state index contributed by atoms with van der Waals surface area (Å²) >= 11 is 0. The van der Waals surface area contributed by atoms with E-state index >= 15 is 0 Å². The number of oxazole rings is 1. The second-order valence-electron chi connectivity index (χ2n) is 6.36. The number of carbonyl (C=O) groups is 2. The van der Waals surface area contributed by atoms with Crippen molar-refractivity contribution in [2.45, 2.75) is 26.7 Å². The van der Waals surface area contributed by atoms with Gasteiger partial charge in [0.2, 0.25) is 5.91 Å². The standard InChI is InChI=1S/C22H23N3O4/c1-3-28-22(27)25-18-11-7-10-17(15(18)2)24-20(26)12-13-21-23-14-19(29-21)16-8-5-4-6-9-16/h4-11,14H,3,12-13H2,1-2H3,(H,24,26)(H,25,27). The van der Waals surface area contributed by atoms with E-state index < -0.39 is 6.09 Å². The van der Waals surface area contributed by atoms with Gasteiger partial charge in [-0.05, 0) is 31.5 Å². The van der Waals surface area contributed by atoms with Gasteiger partial charge < -0.3 is 14.5 Å². The van der Waals surface area contributed by atoms with Crippen LogP contribution in [0.3, 0.4) is 0 Å². The summed E-state index contributed by atoms with van der Waals surface area (Å²) < 4.78 is 10.6. The molecule has 7 nitrogen and oxygen atoms in total. The number of hydrogen-bond acceptors (Lipinski definition) is 5. The number of aryl methyl sites for hydroxylation is 1.